The maximum atomic E-state index is 12.6. The summed E-state index contributed by atoms with van der Waals surface area (Å²) in [4.78, 5) is 38.2. The van der Waals surface area contributed by atoms with E-state index in [0.717, 1.165) is 22.2 Å². The standard InChI is InChI=1S/C20H16N2O5S/c1-12-2-5-14(6-3-12)21-18(23)10-22-19(24)17(28-20(22)25)9-13-4-7-15-16(8-13)27-11-26-15/h2-9H,10-11H2,1H3,(H,21,23)/b17-9-. The zero-order valence-electron chi connectivity index (χ0n) is 14.9. The number of imide groups is 1. The number of ether oxygens (including phenoxy) is 2. The minimum atomic E-state index is -0.494. The van der Waals surface area contributed by atoms with Crippen molar-refractivity contribution in [3.63, 3.8) is 0 Å². The van der Waals surface area contributed by atoms with Gasteiger partial charge in [0.25, 0.3) is 11.1 Å². The van der Waals surface area contributed by atoms with Crippen molar-refractivity contribution in [3.05, 3.63) is 58.5 Å². The third kappa shape index (κ3) is 3.72. The lowest BCUT2D eigenvalue weighted by atomic mass is 10.2. The van der Waals surface area contributed by atoms with Crippen LogP contribution in [0.3, 0.4) is 0 Å². The second-order valence-corrected chi connectivity index (χ2v) is 7.29. The second kappa shape index (κ2) is 7.40. The Morgan fingerprint density at radius 3 is 2.68 bits per heavy atom. The van der Waals surface area contributed by atoms with Crippen molar-refractivity contribution in [2.75, 3.05) is 18.7 Å². The fourth-order valence-electron chi connectivity index (χ4n) is 2.77. The third-order valence-electron chi connectivity index (χ3n) is 4.21. The molecule has 0 aliphatic carbocycles. The van der Waals surface area contributed by atoms with E-state index in [1.807, 2.05) is 19.1 Å². The number of benzene rings is 2. The van der Waals surface area contributed by atoms with Crippen molar-refractivity contribution in [1.29, 1.82) is 0 Å². The molecule has 2 aromatic rings. The van der Waals surface area contributed by atoms with E-state index in [9.17, 15) is 14.4 Å². The summed E-state index contributed by atoms with van der Waals surface area (Å²) in [5.74, 6) is 0.297. The van der Waals surface area contributed by atoms with Crippen molar-refractivity contribution in [2.24, 2.45) is 0 Å². The Morgan fingerprint density at radius 2 is 1.89 bits per heavy atom. The molecule has 0 radical (unpaired) electrons. The molecule has 0 aromatic heterocycles. The van der Waals surface area contributed by atoms with Gasteiger partial charge < -0.3 is 14.8 Å². The van der Waals surface area contributed by atoms with Gasteiger partial charge in [0.15, 0.2) is 11.5 Å². The fraction of sp³-hybridized carbons (Fsp3) is 0.150. The van der Waals surface area contributed by atoms with Crippen LogP contribution in [-0.4, -0.2) is 35.3 Å². The lowest BCUT2D eigenvalue weighted by molar-refractivity contribution is -0.127. The molecule has 1 fully saturated rings. The largest absolute Gasteiger partial charge is 0.454 e. The summed E-state index contributed by atoms with van der Waals surface area (Å²) in [5, 5.41) is 2.21. The highest BCUT2D eigenvalue weighted by atomic mass is 32.2. The van der Waals surface area contributed by atoms with Gasteiger partial charge in [0.2, 0.25) is 12.7 Å². The first kappa shape index (κ1) is 18.1. The van der Waals surface area contributed by atoms with Gasteiger partial charge in [0.1, 0.15) is 6.54 Å². The van der Waals surface area contributed by atoms with Crippen LogP contribution < -0.4 is 14.8 Å². The van der Waals surface area contributed by atoms with Crippen LogP contribution in [0.1, 0.15) is 11.1 Å². The summed E-state index contributed by atoms with van der Waals surface area (Å²) >= 11 is 0.807. The SMILES string of the molecule is Cc1ccc(NC(=O)CN2C(=O)S/C(=C\c3ccc4c(c3)OCO4)C2=O)cc1. The lowest BCUT2D eigenvalue weighted by Gasteiger charge is -2.12. The molecule has 7 nitrogen and oxygen atoms in total. The Kier molecular flexibility index (Phi) is 4.79. The maximum Gasteiger partial charge on any atom is 0.294 e. The monoisotopic (exact) mass is 396 g/mol. The van der Waals surface area contributed by atoms with E-state index in [-0.39, 0.29) is 18.2 Å². The Balaban J connectivity index is 1.44. The highest BCUT2D eigenvalue weighted by molar-refractivity contribution is 8.18. The van der Waals surface area contributed by atoms with Gasteiger partial charge in [-0.25, -0.2) is 0 Å². The minimum Gasteiger partial charge on any atom is -0.454 e. The number of nitrogens with zero attached hydrogens (tertiary/aromatic N) is 1. The summed E-state index contributed by atoms with van der Waals surface area (Å²) in [5.41, 5.74) is 2.38. The molecule has 2 heterocycles. The topological polar surface area (TPSA) is 84.9 Å². The first-order valence-corrected chi connectivity index (χ1v) is 9.33. The predicted molar refractivity (Wildman–Crippen MR) is 105 cm³/mol. The number of hydrogen-bond donors (Lipinski definition) is 1. The van der Waals surface area contributed by atoms with Crippen LogP contribution in [0.4, 0.5) is 10.5 Å². The molecular formula is C20H16N2O5S. The second-order valence-electron chi connectivity index (χ2n) is 6.29. The molecule has 4 rings (SSSR count). The molecule has 142 valence electrons. The van der Waals surface area contributed by atoms with E-state index < -0.39 is 17.1 Å². The average Bonchev–Trinajstić information content (AvgIpc) is 3.23. The molecule has 28 heavy (non-hydrogen) atoms. The molecule has 0 saturated carbocycles. The van der Waals surface area contributed by atoms with Crippen LogP contribution >= 0.6 is 11.8 Å². The minimum absolute atomic E-state index is 0.158. The molecule has 0 unspecified atom stereocenters. The molecule has 0 bridgehead atoms. The number of amides is 3. The number of anilines is 1. The van der Waals surface area contributed by atoms with Gasteiger partial charge in [-0.3, -0.25) is 19.3 Å². The molecule has 8 heteroatoms. The Labute approximate surface area is 165 Å². The normalized spacial score (nSPS) is 16.8. The van der Waals surface area contributed by atoms with Crippen LogP contribution in [0.15, 0.2) is 47.4 Å². The molecule has 0 spiro atoms. The molecule has 0 atom stereocenters. The Hall–Kier alpha value is -3.26. The van der Waals surface area contributed by atoms with E-state index in [1.165, 1.54) is 0 Å². The highest BCUT2D eigenvalue weighted by Gasteiger charge is 2.36. The Morgan fingerprint density at radius 1 is 1.14 bits per heavy atom. The summed E-state index contributed by atoms with van der Waals surface area (Å²) < 4.78 is 10.6. The van der Waals surface area contributed by atoms with Crippen molar-refractivity contribution in [1.82, 2.24) is 4.90 Å². The van der Waals surface area contributed by atoms with E-state index in [4.69, 9.17) is 9.47 Å². The van der Waals surface area contributed by atoms with Crippen molar-refractivity contribution in [2.45, 2.75) is 6.92 Å². The van der Waals surface area contributed by atoms with Gasteiger partial charge in [0, 0.05) is 5.69 Å². The first-order valence-electron chi connectivity index (χ1n) is 8.51. The summed E-state index contributed by atoms with van der Waals surface area (Å²) in [7, 11) is 0. The maximum absolute atomic E-state index is 12.6. The predicted octanol–water partition coefficient (Wildman–Crippen LogP) is 3.40. The molecule has 3 amide bonds. The van der Waals surface area contributed by atoms with Gasteiger partial charge in [-0.05, 0) is 54.6 Å². The van der Waals surface area contributed by atoms with Crippen molar-refractivity contribution in [3.8, 4) is 11.5 Å². The zero-order valence-corrected chi connectivity index (χ0v) is 15.7. The van der Waals surface area contributed by atoms with E-state index in [0.29, 0.717) is 22.7 Å². The summed E-state index contributed by atoms with van der Waals surface area (Å²) in [6.45, 7) is 1.76. The average molecular weight is 396 g/mol. The highest BCUT2D eigenvalue weighted by Crippen LogP contribution is 2.36. The number of hydrogen-bond acceptors (Lipinski definition) is 6. The first-order chi connectivity index (χ1) is 13.5. The summed E-state index contributed by atoms with van der Waals surface area (Å²) in [6, 6.07) is 12.5. The molecule has 2 aromatic carbocycles. The Bertz CT molecular complexity index is 1000. The molecule has 2 aliphatic rings. The van der Waals surface area contributed by atoms with Gasteiger partial charge in [-0.15, -0.1) is 0 Å². The van der Waals surface area contributed by atoms with Gasteiger partial charge in [-0.2, -0.15) is 0 Å². The molecular weight excluding hydrogens is 380 g/mol. The van der Waals surface area contributed by atoms with Crippen LogP contribution in [0, 0.1) is 6.92 Å². The third-order valence-corrected chi connectivity index (χ3v) is 5.11. The van der Waals surface area contributed by atoms with Gasteiger partial charge in [-0.1, -0.05) is 23.8 Å². The van der Waals surface area contributed by atoms with E-state index >= 15 is 0 Å². The van der Waals surface area contributed by atoms with Gasteiger partial charge >= 0.3 is 0 Å². The number of carbonyl (C=O) groups is 3. The summed E-state index contributed by atoms with van der Waals surface area (Å²) in [6.07, 6.45) is 1.60. The van der Waals surface area contributed by atoms with Crippen LogP contribution in [0.25, 0.3) is 6.08 Å². The number of fused-ring (bicyclic) bond motifs is 1. The van der Waals surface area contributed by atoms with Crippen LogP contribution in [0.5, 0.6) is 11.5 Å². The number of aryl methyl sites for hydroxylation is 1. The number of thioether (sulfide) groups is 1. The fourth-order valence-corrected chi connectivity index (χ4v) is 3.61. The van der Waals surface area contributed by atoms with E-state index in [2.05, 4.69) is 5.32 Å². The quantitative estimate of drug-likeness (QED) is 0.798. The number of carbonyl (C=O) groups excluding carboxylic acids is 3. The molecule has 1 N–H and O–H groups in total. The van der Waals surface area contributed by atoms with Crippen LogP contribution in [-0.2, 0) is 9.59 Å². The van der Waals surface area contributed by atoms with Crippen LogP contribution in [0.2, 0.25) is 0 Å². The number of nitrogens with one attached hydrogen (secondary N) is 1. The number of rotatable bonds is 4. The van der Waals surface area contributed by atoms with Crippen molar-refractivity contribution < 1.29 is 23.9 Å². The van der Waals surface area contributed by atoms with Crippen molar-refractivity contribution >= 4 is 40.6 Å². The smallest absolute Gasteiger partial charge is 0.294 e. The van der Waals surface area contributed by atoms with E-state index in [1.54, 1.807) is 36.4 Å². The zero-order chi connectivity index (χ0) is 19.7. The van der Waals surface area contributed by atoms with Gasteiger partial charge in [0.05, 0.1) is 4.91 Å². The molecule has 2 aliphatic heterocycles. The lowest BCUT2D eigenvalue weighted by Crippen LogP contribution is -2.36. The molecule has 1 saturated heterocycles.